The number of pyridine rings is 1. The smallest absolute Gasteiger partial charge is 0.328 e. The molecule has 0 unspecified atom stereocenters. The van der Waals surface area contributed by atoms with Gasteiger partial charge in [-0.15, -0.1) is 0 Å². The van der Waals surface area contributed by atoms with E-state index >= 15 is 0 Å². The van der Waals surface area contributed by atoms with Crippen LogP contribution in [0.2, 0.25) is 0 Å². The Hall–Kier alpha value is -3.35. The van der Waals surface area contributed by atoms with Crippen molar-refractivity contribution in [3.8, 4) is 11.3 Å². The zero-order chi connectivity index (χ0) is 22.9. The number of hydrogen-bond donors (Lipinski definition) is 2. The predicted octanol–water partition coefficient (Wildman–Crippen LogP) is 3.87. The third kappa shape index (κ3) is 5.46. The summed E-state index contributed by atoms with van der Waals surface area (Å²) in [4.78, 5) is 17.7. The first kappa shape index (κ1) is 23.3. The highest BCUT2D eigenvalue weighted by molar-refractivity contribution is 6.02. The molecule has 0 bridgehead atoms. The molecule has 0 aliphatic heterocycles. The Labute approximate surface area is 189 Å². The molecule has 170 valence electrons. The van der Waals surface area contributed by atoms with E-state index in [-0.39, 0.29) is 11.5 Å². The van der Waals surface area contributed by atoms with Gasteiger partial charge in [0.15, 0.2) is 5.84 Å². The van der Waals surface area contributed by atoms with Crippen molar-refractivity contribution in [1.82, 2.24) is 14.1 Å². The summed E-state index contributed by atoms with van der Waals surface area (Å²) in [6, 6.07) is 11.6. The Morgan fingerprint density at radius 1 is 1.06 bits per heavy atom. The second kappa shape index (κ2) is 11.3. The van der Waals surface area contributed by atoms with E-state index in [0.29, 0.717) is 6.54 Å². The molecule has 3 rings (SSSR count). The SMILES string of the molecule is CCCCCn1cc(CCCC)n(Cc2ccc(-c3ccccc3/C(N)=N/N)nc2)c1=O. The van der Waals surface area contributed by atoms with Crippen LogP contribution in [0.1, 0.15) is 62.8 Å². The lowest BCUT2D eigenvalue weighted by Gasteiger charge is -2.10. The van der Waals surface area contributed by atoms with Gasteiger partial charge < -0.3 is 11.6 Å². The van der Waals surface area contributed by atoms with Gasteiger partial charge in [0.1, 0.15) is 0 Å². The average Bonchev–Trinajstić information content (AvgIpc) is 3.12. The van der Waals surface area contributed by atoms with Crippen molar-refractivity contribution in [2.24, 2.45) is 16.7 Å². The van der Waals surface area contributed by atoms with Crippen LogP contribution < -0.4 is 17.3 Å². The van der Waals surface area contributed by atoms with Crippen molar-refractivity contribution in [2.75, 3.05) is 0 Å². The molecule has 0 fully saturated rings. The van der Waals surface area contributed by atoms with E-state index in [0.717, 1.165) is 73.1 Å². The third-order valence-electron chi connectivity index (χ3n) is 5.70. The molecule has 7 heteroatoms. The number of aryl methyl sites for hydroxylation is 2. The largest absolute Gasteiger partial charge is 0.382 e. The highest BCUT2D eigenvalue weighted by atomic mass is 16.1. The number of imidazole rings is 1. The van der Waals surface area contributed by atoms with Gasteiger partial charge in [-0.1, -0.05) is 63.4 Å². The number of benzene rings is 1. The van der Waals surface area contributed by atoms with E-state index in [2.05, 4.69) is 23.9 Å². The molecule has 3 aromatic rings. The Morgan fingerprint density at radius 3 is 2.53 bits per heavy atom. The van der Waals surface area contributed by atoms with Crippen LogP contribution >= 0.6 is 0 Å². The maximum atomic E-state index is 13.1. The number of amidine groups is 1. The van der Waals surface area contributed by atoms with Crippen molar-refractivity contribution < 1.29 is 0 Å². The van der Waals surface area contributed by atoms with Crippen LogP contribution in [0, 0.1) is 0 Å². The van der Waals surface area contributed by atoms with Crippen LogP contribution in [0.4, 0.5) is 0 Å². The fraction of sp³-hybridized carbons (Fsp3) is 0.400. The number of hydrogen-bond acceptors (Lipinski definition) is 4. The zero-order valence-corrected chi connectivity index (χ0v) is 19.1. The van der Waals surface area contributed by atoms with Crippen LogP contribution in [-0.2, 0) is 19.5 Å². The monoisotopic (exact) mass is 434 g/mol. The topological polar surface area (TPSA) is 104 Å². The fourth-order valence-corrected chi connectivity index (χ4v) is 3.86. The molecule has 0 aliphatic rings. The third-order valence-corrected chi connectivity index (χ3v) is 5.70. The minimum atomic E-state index is 0.0635. The van der Waals surface area contributed by atoms with Crippen molar-refractivity contribution in [3.05, 3.63) is 76.1 Å². The second-order valence-corrected chi connectivity index (χ2v) is 8.10. The number of nitrogens with zero attached hydrogens (tertiary/aromatic N) is 4. The van der Waals surface area contributed by atoms with Gasteiger partial charge in [-0.3, -0.25) is 14.1 Å². The summed E-state index contributed by atoms with van der Waals surface area (Å²) < 4.78 is 3.76. The van der Waals surface area contributed by atoms with Gasteiger partial charge in [-0.25, -0.2) is 4.79 Å². The van der Waals surface area contributed by atoms with Gasteiger partial charge in [0.25, 0.3) is 0 Å². The molecule has 0 saturated carbocycles. The van der Waals surface area contributed by atoms with Gasteiger partial charge in [-0.2, -0.15) is 5.10 Å². The van der Waals surface area contributed by atoms with E-state index in [9.17, 15) is 4.79 Å². The van der Waals surface area contributed by atoms with Crippen LogP contribution in [0.15, 0.2) is 58.7 Å². The van der Waals surface area contributed by atoms with Crippen molar-refractivity contribution >= 4 is 5.84 Å². The van der Waals surface area contributed by atoms with Crippen molar-refractivity contribution in [3.63, 3.8) is 0 Å². The van der Waals surface area contributed by atoms with Crippen molar-refractivity contribution in [2.45, 2.75) is 65.5 Å². The first-order valence-corrected chi connectivity index (χ1v) is 11.5. The summed E-state index contributed by atoms with van der Waals surface area (Å²) in [6.07, 6.45) is 10.2. The highest BCUT2D eigenvalue weighted by Gasteiger charge is 2.13. The minimum Gasteiger partial charge on any atom is -0.382 e. The van der Waals surface area contributed by atoms with Crippen molar-refractivity contribution in [1.29, 1.82) is 0 Å². The highest BCUT2D eigenvalue weighted by Crippen LogP contribution is 2.22. The quantitative estimate of drug-likeness (QED) is 0.157. The van der Waals surface area contributed by atoms with Crippen LogP contribution in [0.3, 0.4) is 0 Å². The van der Waals surface area contributed by atoms with E-state index < -0.39 is 0 Å². The lowest BCUT2D eigenvalue weighted by Crippen LogP contribution is -2.25. The van der Waals surface area contributed by atoms with E-state index in [1.54, 1.807) is 0 Å². The Kier molecular flexibility index (Phi) is 8.25. The molecular weight excluding hydrogens is 400 g/mol. The van der Waals surface area contributed by atoms with Gasteiger partial charge >= 0.3 is 5.69 Å². The summed E-state index contributed by atoms with van der Waals surface area (Å²) in [6.45, 7) is 5.63. The molecule has 1 aromatic carbocycles. The predicted molar refractivity (Wildman–Crippen MR) is 131 cm³/mol. The standard InChI is InChI=1S/C25H34N6O/c1-3-5-9-15-30-18-20(10-6-4-2)31(25(30)32)17-19-13-14-23(28-16-19)21-11-7-8-12-22(21)24(26)29-27/h7-8,11-14,16,18H,3-6,9-10,15,17,27H2,1-2H3,(H2,26,29). The number of aromatic nitrogens is 3. The van der Waals surface area contributed by atoms with E-state index in [1.165, 1.54) is 0 Å². The summed E-state index contributed by atoms with van der Waals surface area (Å²) >= 11 is 0. The first-order chi connectivity index (χ1) is 15.6. The molecule has 2 aromatic heterocycles. The number of unbranched alkanes of at least 4 members (excludes halogenated alkanes) is 3. The number of nitrogens with two attached hydrogens (primary N) is 2. The summed E-state index contributed by atoms with van der Waals surface area (Å²) in [7, 11) is 0. The Morgan fingerprint density at radius 2 is 1.84 bits per heavy atom. The van der Waals surface area contributed by atoms with Crippen LogP contribution in [0.5, 0.6) is 0 Å². The number of rotatable bonds is 11. The second-order valence-electron chi connectivity index (χ2n) is 8.10. The minimum absolute atomic E-state index is 0.0635. The fourth-order valence-electron chi connectivity index (χ4n) is 3.86. The molecule has 0 aliphatic carbocycles. The maximum absolute atomic E-state index is 13.1. The molecular formula is C25H34N6O. The molecule has 0 radical (unpaired) electrons. The summed E-state index contributed by atoms with van der Waals surface area (Å²) in [5.74, 6) is 5.64. The Balaban J connectivity index is 1.86. The molecule has 4 N–H and O–H groups in total. The average molecular weight is 435 g/mol. The summed E-state index contributed by atoms with van der Waals surface area (Å²) in [5, 5.41) is 3.62. The molecule has 0 spiro atoms. The summed E-state index contributed by atoms with van der Waals surface area (Å²) in [5.41, 5.74) is 10.5. The molecule has 0 amide bonds. The first-order valence-electron chi connectivity index (χ1n) is 11.5. The van der Waals surface area contributed by atoms with Gasteiger partial charge in [-0.05, 0) is 30.9 Å². The molecule has 0 atom stereocenters. The van der Waals surface area contributed by atoms with Crippen LogP contribution in [-0.4, -0.2) is 20.0 Å². The molecule has 7 nitrogen and oxygen atoms in total. The Bertz CT molecular complexity index is 1090. The van der Waals surface area contributed by atoms with Crippen LogP contribution in [0.25, 0.3) is 11.3 Å². The lowest BCUT2D eigenvalue weighted by molar-refractivity contribution is 0.572. The van der Waals surface area contributed by atoms with Gasteiger partial charge in [0.05, 0.1) is 12.2 Å². The zero-order valence-electron chi connectivity index (χ0n) is 19.1. The number of hydrazone groups is 1. The maximum Gasteiger partial charge on any atom is 0.328 e. The lowest BCUT2D eigenvalue weighted by atomic mass is 10.0. The van der Waals surface area contributed by atoms with Gasteiger partial charge in [0, 0.05) is 35.8 Å². The van der Waals surface area contributed by atoms with E-state index in [4.69, 9.17) is 11.6 Å². The molecule has 0 saturated heterocycles. The van der Waals surface area contributed by atoms with Gasteiger partial charge in [0.2, 0.25) is 0 Å². The normalized spacial score (nSPS) is 11.8. The van der Waals surface area contributed by atoms with E-state index in [1.807, 2.05) is 57.9 Å². The molecule has 2 heterocycles. The molecule has 32 heavy (non-hydrogen) atoms.